The molecule has 1 unspecified atom stereocenters. The van der Waals surface area contributed by atoms with Crippen LogP contribution in [0.2, 0.25) is 5.02 Å². The highest BCUT2D eigenvalue weighted by molar-refractivity contribution is 6.70. The van der Waals surface area contributed by atoms with Gasteiger partial charge >= 0.3 is 7.41 Å². The number of benzene rings is 1. The van der Waals surface area contributed by atoms with Crippen LogP contribution in [0.15, 0.2) is 36.7 Å². The van der Waals surface area contributed by atoms with Crippen LogP contribution in [-0.2, 0) is 14.9 Å². The zero-order chi connectivity index (χ0) is 28.1. The van der Waals surface area contributed by atoms with Crippen molar-refractivity contribution in [3.05, 3.63) is 52.8 Å². The van der Waals surface area contributed by atoms with Crippen LogP contribution in [0.25, 0.3) is 11.3 Å². The molecule has 40 heavy (non-hydrogen) atoms. The molecule has 12 heteroatoms. The van der Waals surface area contributed by atoms with Crippen molar-refractivity contribution in [2.75, 3.05) is 56.6 Å². The zero-order valence-electron chi connectivity index (χ0n) is 22.6. The average molecular weight is 559 g/mol. The summed E-state index contributed by atoms with van der Waals surface area (Å²) in [5.41, 5.74) is 3.60. The standard InChI is InChI=1S/C28H30BClN7O3/c1-28(17-40-10-9-36-7-3-4-8-36)16-37(29-18-38)25-20(14-31)11-19(12-22(25)28)23-5-6-32-27(34-23)35-24-13-21(30)15-33-26(24)39-2/h5-6,11-13,15,18H,3-4,7-10,16-17H2,1-2H3,(H,32,34,35). The molecule has 1 N–H and O–H groups in total. The van der Waals surface area contributed by atoms with E-state index in [0.717, 1.165) is 42.6 Å². The predicted octanol–water partition coefficient (Wildman–Crippen LogP) is 3.82. The van der Waals surface area contributed by atoms with E-state index < -0.39 is 5.41 Å². The van der Waals surface area contributed by atoms with Gasteiger partial charge in [0.25, 0.3) is 0 Å². The summed E-state index contributed by atoms with van der Waals surface area (Å²) < 4.78 is 11.5. The number of carbonyl (C=O) groups excluding carboxylic acids is 1. The first kappa shape index (κ1) is 27.8. The molecule has 5 rings (SSSR count). The SMILES string of the molecule is COc1ncc(Cl)cc1Nc1nccc(-c2cc(C#N)c3c(c2)C(C)(COCCN2CCCC2)CN3[B]C=O)n1. The Morgan fingerprint density at radius 3 is 2.85 bits per heavy atom. The molecular formula is C28H30BClN7O3. The summed E-state index contributed by atoms with van der Waals surface area (Å²) in [6.07, 6.45) is 6.37. The first-order chi connectivity index (χ1) is 19.4. The Morgan fingerprint density at radius 2 is 2.10 bits per heavy atom. The molecule has 0 aliphatic carbocycles. The fraction of sp³-hybridized carbons (Fsp3) is 0.393. The minimum Gasteiger partial charge on any atom is -0.480 e. The van der Waals surface area contributed by atoms with Crippen molar-refractivity contribution in [1.29, 1.82) is 5.26 Å². The van der Waals surface area contributed by atoms with E-state index >= 15 is 0 Å². The first-order valence-corrected chi connectivity index (χ1v) is 13.6. The lowest BCUT2D eigenvalue weighted by molar-refractivity contribution is 0.0783. The lowest BCUT2D eigenvalue weighted by Crippen LogP contribution is -2.38. The number of nitrogens with zero attached hydrogens (tertiary/aromatic N) is 6. The third-order valence-corrected chi connectivity index (χ3v) is 7.51. The minimum absolute atomic E-state index is 0.322. The van der Waals surface area contributed by atoms with Crippen LogP contribution in [-0.4, -0.2) is 80.0 Å². The molecule has 0 saturated carbocycles. The van der Waals surface area contributed by atoms with E-state index in [1.54, 1.807) is 24.4 Å². The molecule has 0 spiro atoms. The molecule has 1 aromatic carbocycles. The van der Waals surface area contributed by atoms with Gasteiger partial charge in [-0.1, -0.05) is 18.5 Å². The predicted molar refractivity (Wildman–Crippen MR) is 155 cm³/mol. The van der Waals surface area contributed by atoms with Crippen LogP contribution in [0.4, 0.5) is 17.3 Å². The van der Waals surface area contributed by atoms with Crippen molar-refractivity contribution >= 4 is 42.5 Å². The second-order valence-electron chi connectivity index (χ2n) is 10.2. The number of fused-ring (bicyclic) bond motifs is 1. The maximum atomic E-state index is 11.5. The molecule has 1 fully saturated rings. The molecule has 10 nitrogen and oxygen atoms in total. The largest absolute Gasteiger partial charge is 0.480 e. The van der Waals surface area contributed by atoms with Gasteiger partial charge in [-0.25, -0.2) is 15.0 Å². The van der Waals surface area contributed by atoms with Crippen LogP contribution < -0.4 is 14.9 Å². The number of nitrogens with one attached hydrogen (secondary N) is 1. The number of nitriles is 1. The Labute approximate surface area is 239 Å². The van der Waals surface area contributed by atoms with Gasteiger partial charge in [-0.05, 0) is 55.8 Å². The van der Waals surface area contributed by atoms with E-state index in [2.05, 4.69) is 33.2 Å². The number of hydrogen-bond donors (Lipinski definition) is 1. The minimum atomic E-state index is -0.435. The van der Waals surface area contributed by atoms with E-state index in [0.29, 0.717) is 53.6 Å². The Bertz CT molecular complexity index is 1430. The summed E-state index contributed by atoms with van der Waals surface area (Å²) in [7, 11) is 3.00. The first-order valence-electron chi connectivity index (χ1n) is 13.2. The highest BCUT2D eigenvalue weighted by atomic mass is 35.5. The molecule has 0 amide bonds. The van der Waals surface area contributed by atoms with E-state index in [4.69, 9.17) is 26.1 Å². The van der Waals surface area contributed by atoms with Gasteiger partial charge < -0.3 is 29.3 Å². The van der Waals surface area contributed by atoms with Crippen LogP contribution in [0.3, 0.4) is 0 Å². The number of methoxy groups -OCH3 is 1. The monoisotopic (exact) mass is 558 g/mol. The molecular weight excluding hydrogens is 529 g/mol. The number of halogens is 1. The third kappa shape index (κ3) is 5.89. The highest BCUT2D eigenvalue weighted by Gasteiger charge is 2.41. The third-order valence-electron chi connectivity index (χ3n) is 7.31. The molecule has 205 valence electrons. The summed E-state index contributed by atoms with van der Waals surface area (Å²) in [5, 5.41) is 13.7. The van der Waals surface area contributed by atoms with Crippen molar-refractivity contribution in [3.63, 3.8) is 0 Å². The topological polar surface area (TPSA) is 116 Å². The smallest absolute Gasteiger partial charge is 0.329 e. The molecule has 0 bridgehead atoms. The number of hydrogen-bond acceptors (Lipinski definition) is 10. The second-order valence-corrected chi connectivity index (χ2v) is 10.6. The number of rotatable bonds is 11. The summed E-state index contributed by atoms with van der Waals surface area (Å²) in [5.74, 6) is 0.678. The molecule has 2 aliphatic heterocycles. The number of ether oxygens (including phenoxy) is 2. The van der Waals surface area contributed by atoms with E-state index in [1.165, 1.54) is 33.6 Å². The van der Waals surface area contributed by atoms with Crippen molar-refractivity contribution in [2.24, 2.45) is 0 Å². The highest BCUT2D eigenvalue weighted by Crippen LogP contribution is 2.44. The number of likely N-dealkylation sites (tertiary alicyclic amines) is 1. The fourth-order valence-corrected chi connectivity index (χ4v) is 5.54. The maximum absolute atomic E-state index is 11.5. The van der Waals surface area contributed by atoms with E-state index in [1.807, 2.05) is 10.9 Å². The number of carbonyl (C=O) groups is 1. The summed E-state index contributed by atoms with van der Waals surface area (Å²) in [6.45, 7) is 6.88. The molecule has 4 heterocycles. The van der Waals surface area contributed by atoms with Crippen molar-refractivity contribution in [1.82, 2.24) is 19.9 Å². The van der Waals surface area contributed by atoms with Crippen LogP contribution in [0.1, 0.15) is 30.9 Å². The Balaban J connectivity index is 1.44. The van der Waals surface area contributed by atoms with E-state index in [-0.39, 0.29) is 0 Å². The van der Waals surface area contributed by atoms with Gasteiger partial charge in [0.15, 0.2) is 0 Å². The number of anilines is 3. The zero-order valence-corrected chi connectivity index (χ0v) is 23.3. The normalized spacial score (nSPS) is 18.3. The van der Waals surface area contributed by atoms with Gasteiger partial charge in [-0.15, -0.1) is 0 Å². The van der Waals surface area contributed by atoms with Gasteiger partial charge in [0, 0.05) is 42.1 Å². The lowest BCUT2D eigenvalue weighted by Gasteiger charge is -2.26. The van der Waals surface area contributed by atoms with Gasteiger partial charge in [0.1, 0.15) is 17.9 Å². The number of aromatic nitrogens is 3. The lowest BCUT2D eigenvalue weighted by atomic mass is 9.83. The quantitative estimate of drug-likeness (QED) is 0.211. The van der Waals surface area contributed by atoms with Crippen LogP contribution >= 0.6 is 11.6 Å². The summed E-state index contributed by atoms with van der Waals surface area (Å²) >= 11 is 6.12. The molecule has 1 atom stereocenters. The second kappa shape index (κ2) is 12.2. The fourth-order valence-electron chi connectivity index (χ4n) is 5.38. The van der Waals surface area contributed by atoms with Gasteiger partial charge in [-0.2, -0.15) is 5.26 Å². The molecule has 3 aromatic rings. The van der Waals surface area contributed by atoms with Crippen molar-refractivity contribution < 1.29 is 14.3 Å². The molecule has 2 aromatic heterocycles. The Hall–Kier alpha value is -3.72. The molecule has 1 radical (unpaired) electrons. The van der Waals surface area contributed by atoms with Gasteiger partial charge in [0.05, 0.1) is 36.6 Å². The molecule has 1 saturated heterocycles. The van der Waals surface area contributed by atoms with Crippen LogP contribution in [0, 0.1) is 11.3 Å². The van der Waals surface area contributed by atoms with Crippen LogP contribution in [0.5, 0.6) is 5.88 Å². The number of pyridine rings is 1. The summed E-state index contributed by atoms with van der Waals surface area (Å²) in [6, 6.07) is 9.61. The van der Waals surface area contributed by atoms with Crippen molar-refractivity contribution in [2.45, 2.75) is 25.2 Å². The summed E-state index contributed by atoms with van der Waals surface area (Å²) in [4.78, 5) is 28.9. The van der Waals surface area contributed by atoms with Gasteiger partial charge in [0.2, 0.25) is 11.8 Å². The van der Waals surface area contributed by atoms with Crippen molar-refractivity contribution in [3.8, 4) is 23.2 Å². The Morgan fingerprint density at radius 1 is 1.27 bits per heavy atom. The molecule has 2 aliphatic rings. The van der Waals surface area contributed by atoms with Gasteiger partial charge in [-0.3, -0.25) is 0 Å². The Kier molecular flexibility index (Phi) is 8.50. The maximum Gasteiger partial charge on any atom is 0.329 e. The van der Waals surface area contributed by atoms with E-state index in [9.17, 15) is 10.1 Å². The average Bonchev–Trinajstić information content (AvgIpc) is 3.58.